The van der Waals surface area contributed by atoms with Gasteiger partial charge in [0.2, 0.25) is 5.95 Å². The van der Waals surface area contributed by atoms with Crippen LogP contribution in [0.1, 0.15) is 29.5 Å². The summed E-state index contributed by atoms with van der Waals surface area (Å²) in [6, 6.07) is 13.5. The van der Waals surface area contributed by atoms with Gasteiger partial charge in [-0.05, 0) is 35.4 Å². The molecule has 0 spiro atoms. The average molecular weight is 395 g/mol. The van der Waals surface area contributed by atoms with Gasteiger partial charge < -0.3 is 5.32 Å². The fraction of sp³-hybridized carbons (Fsp3) is 0.190. The molecule has 3 aromatic rings. The van der Waals surface area contributed by atoms with E-state index in [0.717, 1.165) is 16.8 Å². The van der Waals surface area contributed by atoms with Crippen molar-refractivity contribution in [2.75, 3.05) is 5.32 Å². The van der Waals surface area contributed by atoms with E-state index >= 15 is 0 Å². The maximum Gasteiger partial charge on any atom is 0.226 e. The van der Waals surface area contributed by atoms with E-state index in [4.69, 9.17) is 11.6 Å². The predicted molar refractivity (Wildman–Crippen MR) is 104 cm³/mol. The van der Waals surface area contributed by atoms with Crippen molar-refractivity contribution in [2.45, 2.75) is 18.4 Å². The van der Waals surface area contributed by atoms with Gasteiger partial charge in [-0.25, -0.2) is 9.07 Å². The summed E-state index contributed by atoms with van der Waals surface area (Å²) in [5.41, 5.74) is 2.67. The lowest BCUT2D eigenvalue weighted by Gasteiger charge is -2.38. The number of allylic oxidation sites excluding steroid dienone is 2. The van der Waals surface area contributed by atoms with Crippen LogP contribution >= 0.6 is 11.6 Å². The summed E-state index contributed by atoms with van der Waals surface area (Å²) >= 11 is 6.04. The van der Waals surface area contributed by atoms with Crippen LogP contribution in [0.5, 0.6) is 0 Å². The smallest absolute Gasteiger partial charge is 0.226 e. The number of halogens is 2. The van der Waals surface area contributed by atoms with Crippen molar-refractivity contribution in [3.8, 4) is 0 Å². The van der Waals surface area contributed by atoms with E-state index in [2.05, 4.69) is 21.5 Å². The molecule has 1 N–H and O–H groups in total. The minimum absolute atomic E-state index is 0.104. The highest BCUT2D eigenvalue weighted by Gasteiger charge is 2.43. The van der Waals surface area contributed by atoms with Crippen LogP contribution < -0.4 is 5.32 Å². The Morgan fingerprint density at radius 3 is 2.54 bits per heavy atom. The largest absolute Gasteiger partial charge is 0.328 e. The minimum Gasteiger partial charge on any atom is -0.328 e. The Hall–Kier alpha value is -2.99. The summed E-state index contributed by atoms with van der Waals surface area (Å²) < 4.78 is 15.0. The van der Waals surface area contributed by atoms with Crippen LogP contribution in [-0.4, -0.2) is 20.5 Å². The second-order valence-electron chi connectivity index (χ2n) is 7.08. The van der Waals surface area contributed by atoms with E-state index in [1.807, 2.05) is 24.3 Å². The molecule has 2 heterocycles. The van der Waals surface area contributed by atoms with Crippen molar-refractivity contribution < 1.29 is 9.18 Å². The summed E-state index contributed by atoms with van der Waals surface area (Å²) in [6.45, 7) is 0. The van der Waals surface area contributed by atoms with Gasteiger partial charge in [0.25, 0.3) is 0 Å². The Morgan fingerprint density at radius 2 is 1.79 bits per heavy atom. The Balaban J connectivity index is 1.60. The highest BCUT2D eigenvalue weighted by atomic mass is 35.5. The molecule has 0 fully saturated rings. The second-order valence-corrected chi connectivity index (χ2v) is 7.51. The first-order valence-electron chi connectivity index (χ1n) is 9.02. The van der Waals surface area contributed by atoms with Gasteiger partial charge >= 0.3 is 0 Å². The lowest BCUT2D eigenvalue weighted by atomic mass is 9.76. The van der Waals surface area contributed by atoms with E-state index in [1.54, 1.807) is 16.8 Å². The number of aromatic nitrogens is 3. The second kappa shape index (κ2) is 6.56. The number of nitrogens with one attached hydrogen (secondary N) is 1. The first-order chi connectivity index (χ1) is 13.6. The van der Waals surface area contributed by atoms with E-state index in [1.165, 1.54) is 18.5 Å². The van der Waals surface area contributed by atoms with Gasteiger partial charge in [0, 0.05) is 23.1 Å². The van der Waals surface area contributed by atoms with Crippen LogP contribution in [0.3, 0.4) is 0 Å². The topological polar surface area (TPSA) is 59.8 Å². The molecule has 0 unspecified atom stereocenters. The number of Topliss-reactive ketones (excluding diaryl/α,β-unsaturated/α-hetero) is 1. The summed E-state index contributed by atoms with van der Waals surface area (Å²) in [7, 11) is 0. The third-order valence-corrected chi connectivity index (χ3v) is 5.65. The first kappa shape index (κ1) is 17.1. The SMILES string of the molecule is O=C1C[C@@H](c2ccc(F)cc2)C=C2Nc3ncnn3[C@H](c3ccc(Cl)cc3)[C@@H]12. The highest BCUT2D eigenvalue weighted by Crippen LogP contribution is 2.44. The summed E-state index contributed by atoms with van der Waals surface area (Å²) in [5.74, 6) is -0.0715. The molecule has 2 aliphatic rings. The Labute approximate surface area is 165 Å². The average Bonchev–Trinajstić information content (AvgIpc) is 3.16. The molecule has 0 amide bonds. The zero-order valence-corrected chi connectivity index (χ0v) is 15.5. The predicted octanol–water partition coefficient (Wildman–Crippen LogP) is 4.34. The van der Waals surface area contributed by atoms with E-state index < -0.39 is 0 Å². The lowest BCUT2D eigenvalue weighted by molar-refractivity contribution is -0.123. The number of nitrogens with zero attached hydrogens (tertiary/aromatic N) is 3. The van der Waals surface area contributed by atoms with E-state index in [0.29, 0.717) is 17.4 Å². The van der Waals surface area contributed by atoms with Gasteiger partial charge in [-0.1, -0.05) is 41.9 Å². The molecule has 0 bridgehead atoms. The van der Waals surface area contributed by atoms with E-state index in [-0.39, 0.29) is 29.5 Å². The lowest BCUT2D eigenvalue weighted by Crippen LogP contribution is -2.40. The molecule has 3 atom stereocenters. The fourth-order valence-corrected chi connectivity index (χ4v) is 4.22. The number of ketones is 1. The van der Waals surface area contributed by atoms with Gasteiger partial charge in [0.05, 0.1) is 12.0 Å². The van der Waals surface area contributed by atoms with Crippen molar-refractivity contribution in [1.29, 1.82) is 0 Å². The van der Waals surface area contributed by atoms with Gasteiger partial charge in [0.15, 0.2) is 0 Å². The standard InChI is InChI=1S/C21H16ClFN4O/c22-15-5-1-13(2-6-15)20-19-17(26-21-24-11-25-27(20)21)9-14(10-18(19)28)12-3-7-16(23)8-4-12/h1-9,11,14,19-20H,10H2,(H,24,25,26)/t14-,19+,20+/m0/s1. The minimum atomic E-state index is -0.382. The molecule has 140 valence electrons. The van der Waals surface area contributed by atoms with Crippen LogP contribution in [0, 0.1) is 11.7 Å². The Kier molecular flexibility index (Phi) is 4.02. The third kappa shape index (κ3) is 2.81. The van der Waals surface area contributed by atoms with Crippen LogP contribution in [-0.2, 0) is 4.79 Å². The number of anilines is 1. The van der Waals surface area contributed by atoms with Crippen LogP contribution in [0.2, 0.25) is 5.02 Å². The van der Waals surface area contributed by atoms with Crippen molar-refractivity contribution in [1.82, 2.24) is 14.8 Å². The molecule has 1 aromatic heterocycles. The fourth-order valence-electron chi connectivity index (χ4n) is 4.09. The normalized spacial score (nSPS) is 23.4. The zero-order valence-electron chi connectivity index (χ0n) is 14.7. The number of hydrogen-bond donors (Lipinski definition) is 1. The van der Waals surface area contributed by atoms with Crippen LogP contribution in [0.15, 0.2) is 66.6 Å². The monoisotopic (exact) mass is 394 g/mol. The summed E-state index contributed by atoms with van der Waals surface area (Å²) in [4.78, 5) is 17.5. The van der Waals surface area contributed by atoms with Gasteiger partial charge in [-0.3, -0.25) is 4.79 Å². The molecule has 1 aliphatic carbocycles. The number of benzene rings is 2. The maximum atomic E-state index is 13.3. The van der Waals surface area contributed by atoms with Gasteiger partial charge in [-0.15, -0.1) is 0 Å². The number of carbonyl (C=O) groups is 1. The molecule has 1 aliphatic heterocycles. The molecule has 0 saturated carbocycles. The quantitative estimate of drug-likeness (QED) is 0.702. The molecule has 28 heavy (non-hydrogen) atoms. The Morgan fingerprint density at radius 1 is 1.07 bits per heavy atom. The molecule has 5 rings (SSSR count). The molecule has 7 heteroatoms. The van der Waals surface area contributed by atoms with Crippen molar-refractivity contribution in [3.05, 3.63) is 88.6 Å². The molecular weight excluding hydrogens is 379 g/mol. The third-order valence-electron chi connectivity index (χ3n) is 5.40. The number of hydrogen-bond acceptors (Lipinski definition) is 4. The van der Waals surface area contributed by atoms with Crippen molar-refractivity contribution in [3.63, 3.8) is 0 Å². The number of carbonyl (C=O) groups excluding carboxylic acids is 1. The Bertz CT molecular complexity index is 1070. The molecule has 0 radical (unpaired) electrons. The number of rotatable bonds is 2. The first-order valence-corrected chi connectivity index (χ1v) is 9.40. The van der Waals surface area contributed by atoms with Gasteiger partial charge in [0.1, 0.15) is 17.9 Å². The molecule has 2 aromatic carbocycles. The van der Waals surface area contributed by atoms with Crippen LogP contribution in [0.25, 0.3) is 0 Å². The number of fused-ring (bicyclic) bond motifs is 2. The van der Waals surface area contributed by atoms with Crippen molar-refractivity contribution >= 4 is 23.3 Å². The zero-order chi connectivity index (χ0) is 19.3. The summed E-state index contributed by atoms with van der Waals surface area (Å²) in [6.07, 6.45) is 3.89. The van der Waals surface area contributed by atoms with Crippen molar-refractivity contribution in [2.24, 2.45) is 5.92 Å². The summed E-state index contributed by atoms with van der Waals surface area (Å²) in [5, 5.41) is 8.24. The van der Waals surface area contributed by atoms with Crippen LogP contribution in [0.4, 0.5) is 10.3 Å². The molecule has 5 nitrogen and oxygen atoms in total. The molecule has 0 saturated heterocycles. The highest BCUT2D eigenvalue weighted by molar-refractivity contribution is 6.30. The maximum absolute atomic E-state index is 13.3. The molecular formula is C21H16ClFN4O. The van der Waals surface area contributed by atoms with Gasteiger partial charge in [-0.2, -0.15) is 10.1 Å². The van der Waals surface area contributed by atoms with E-state index in [9.17, 15) is 9.18 Å².